The lowest BCUT2D eigenvalue weighted by atomic mass is 10.0. The number of carboxylic acid groups (broad SMARTS) is 1. The van der Waals surface area contributed by atoms with Gasteiger partial charge in [-0.3, -0.25) is 0 Å². The van der Waals surface area contributed by atoms with Gasteiger partial charge in [0, 0.05) is 29.7 Å². The first-order valence-electron chi connectivity index (χ1n) is 7.56. The Bertz CT molecular complexity index is 643. The average Bonchev–Trinajstić information content (AvgIpc) is 2.74. The molecule has 0 atom stereocenters. The summed E-state index contributed by atoms with van der Waals surface area (Å²) in [6.45, 7) is 5.22. The largest absolute Gasteiger partial charge is 0.478 e. The number of aliphatic hydroxyl groups excluding tert-OH is 1. The summed E-state index contributed by atoms with van der Waals surface area (Å²) >= 11 is 0. The first kappa shape index (κ1) is 15.6. The molecule has 4 heteroatoms. The second kappa shape index (κ2) is 6.76. The van der Waals surface area contributed by atoms with Crippen LogP contribution < -0.4 is 0 Å². The van der Waals surface area contributed by atoms with E-state index in [1.165, 1.54) is 0 Å². The van der Waals surface area contributed by atoms with Gasteiger partial charge in [0.25, 0.3) is 0 Å². The number of hydrogen-bond acceptors (Lipinski definition) is 2. The Balaban J connectivity index is 2.66. The van der Waals surface area contributed by atoms with Crippen LogP contribution in [0.1, 0.15) is 47.8 Å². The zero-order chi connectivity index (χ0) is 15.4. The fraction of sp³-hybridized carbons (Fsp3) is 0.471. The Morgan fingerprint density at radius 1 is 1.29 bits per heavy atom. The van der Waals surface area contributed by atoms with E-state index in [9.17, 15) is 9.90 Å². The van der Waals surface area contributed by atoms with Crippen LogP contribution in [-0.2, 0) is 13.0 Å². The number of aromatic nitrogens is 1. The number of carbonyl (C=O) groups is 1. The molecule has 0 fully saturated rings. The molecule has 1 heterocycles. The van der Waals surface area contributed by atoms with Crippen molar-refractivity contribution in [2.45, 2.75) is 46.1 Å². The summed E-state index contributed by atoms with van der Waals surface area (Å²) in [5.41, 5.74) is 3.54. The minimum absolute atomic E-state index is 0.121. The molecule has 2 N–H and O–H groups in total. The van der Waals surface area contributed by atoms with E-state index < -0.39 is 5.97 Å². The van der Waals surface area contributed by atoms with Crippen LogP contribution in [0.5, 0.6) is 0 Å². The van der Waals surface area contributed by atoms with Gasteiger partial charge in [-0.1, -0.05) is 19.4 Å². The topological polar surface area (TPSA) is 62.5 Å². The molecule has 1 aromatic heterocycles. The van der Waals surface area contributed by atoms with Crippen molar-refractivity contribution in [3.8, 4) is 0 Å². The van der Waals surface area contributed by atoms with Gasteiger partial charge in [0.15, 0.2) is 0 Å². The Morgan fingerprint density at radius 3 is 2.67 bits per heavy atom. The molecule has 21 heavy (non-hydrogen) atoms. The minimum Gasteiger partial charge on any atom is -0.478 e. The summed E-state index contributed by atoms with van der Waals surface area (Å²) in [5.74, 6) is -0.890. The normalized spacial score (nSPS) is 11.2. The number of aromatic carboxylic acids is 1. The van der Waals surface area contributed by atoms with E-state index in [0.29, 0.717) is 18.4 Å². The van der Waals surface area contributed by atoms with Crippen LogP contribution in [0.3, 0.4) is 0 Å². The molecule has 0 aliphatic carbocycles. The number of benzene rings is 1. The molecule has 0 amide bonds. The lowest BCUT2D eigenvalue weighted by Gasteiger charge is -2.07. The maximum absolute atomic E-state index is 11.5. The van der Waals surface area contributed by atoms with Crippen LogP contribution in [0, 0.1) is 6.92 Å². The maximum atomic E-state index is 11.5. The van der Waals surface area contributed by atoms with Crippen molar-refractivity contribution in [3.05, 3.63) is 35.0 Å². The number of aryl methyl sites for hydroxylation is 2. The molecule has 1 aromatic carbocycles. The number of unbranched alkanes of at least 4 members (excludes halogenated alkanes) is 1. The number of fused-ring (bicyclic) bond motifs is 1. The van der Waals surface area contributed by atoms with Crippen LogP contribution >= 0.6 is 0 Å². The summed E-state index contributed by atoms with van der Waals surface area (Å²) in [4.78, 5) is 11.5. The van der Waals surface area contributed by atoms with Crippen molar-refractivity contribution < 1.29 is 15.0 Å². The van der Waals surface area contributed by atoms with Gasteiger partial charge in [0.1, 0.15) is 0 Å². The number of aliphatic hydroxyl groups is 1. The van der Waals surface area contributed by atoms with Crippen LogP contribution in [0.4, 0.5) is 0 Å². The number of nitrogens with zero attached hydrogens (tertiary/aromatic N) is 1. The highest BCUT2D eigenvalue weighted by Crippen LogP contribution is 2.30. The summed E-state index contributed by atoms with van der Waals surface area (Å²) in [6.07, 6.45) is 3.54. The van der Waals surface area contributed by atoms with Gasteiger partial charge in [0.2, 0.25) is 0 Å². The fourth-order valence-electron chi connectivity index (χ4n) is 2.95. The molecule has 0 bridgehead atoms. The van der Waals surface area contributed by atoms with E-state index in [0.717, 1.165) is 41.5 Å². The van der Waals surface area contributed by atoms with E-state index in [1.807, 2.05) is 19.1 Å². The highest BCUT2D eigenvalue weighted by atomic mass is 16.4. The molecule has 0 aliphatic heterocycles. The highest BCUT2D eigenvalue weighted by Gasteiger charge is 2.19. The smallest absolute Gasteiger partial charge is 0.336 e. The van der Waals surface area contributed by atoms with Crippen molar-refractivity contribution in [2.75, 3.05) is 6.61 Å². The van der Waals surface area contributed by atoms with E-state index in [4.69, 9.17) is 5.11 Å². The molecule has 0 radical (unpaired) electrons. The SMILES string of the molecule is CCCCn1c(C)c(CCCO)c2c(C(=O)O)cccc21. The molecule has 0 spiro atoms. The predicted molar refractivity (Wildman–Crippen MR) is 83.9 cm³/mol. The maximum Gasteiger partial charge on any atom is 0.336 e. The average molecular weight is 289 g/mol. The molecular weight excluding hydrogens is 266 g/mol. The third-order valence-electron chi connectivity index (χ3n) is 4.03. The molecule has 0 saturated heterocycles. The summed E-state index contributed by atoms with van der Waals surface area (Å²) in [5, 5.41) is 19.4. The molecule has 0 aliphatic rings. The molecule has 2 aromatic rings. The van der Waals surface area contributed by atoms with Crippen molar-refractivity contribution in [1.82, 2.24) is 4.57 Å². The highest BCUT2D eigenvalue weighted by molar-refractivity contribution is 6.05. The zero-order valence-corrected chi connectivity index (χ0v) is 12.7. The Labute approximate surface area is 125 Å². The number of carboxylic acids is 1. The van der Waals surface area contributed by atoms with E-state index in [2.05, 4.69) is 11.5 Å². The lowest BCUT2D eigenvalue weighted by Crippen LogP contribution is -2.01. The van der Waals surface area contributed by atoms with Gasteiger partial charge in [-0.05, 0) is 43.9 Å². The van der Waals surface area contributed by atoms with Crippen LogP contribution in [0.25, 0.3) is 10.9 Å². The predicted octanol–water partition coefficient (Wildman–Crippen LogP) is 3.37. The fourth-order valence-corrected chi connectivity index (χ4v) is 2.95. The van der Waals surface area contributed by atoms with Crippen LogP contribution in [0.2, 0.25) is 0 Å². The van der Waals surface area contributed by atoms with Gasteiger partial charge in [-0.25, -0.2) is 4.79 Å². The monoisotopic (exact) mass is 289 g/mol. The molecule has 0 unspecified atom stereocenters. The van der Waals surface area contributed by atoms with Crippen molar-refractivity contribution in [3.63, 3.8) is 0 Å². The Morgan fingerprint density at radius 2 is 2.05 bits per heavy atom. The number of rotatable bonds is 7. The quantitative estimate of drug-likeness (QED) is 0.821. The van der Waals surface area contributed by atoms with Gasteiger partial charge in [-0.15, -0.1) is 0 Å². The minimum atomic E-state index is -0.890. The van der Waals surface area contributed by atoms with E-state index in [1.54, 1.807) is 6.07 Å². The van der Waals surface area contributed by atoms with Crippen molar-refractivity contribution in [2.24, 2.45) is 0 Å². The van der Waals surface area contributed by atoms with Gasteiger partial charge in [0.05, 0.1) is 5.56 Å². The van der Waals surface area contributed by atoms with Crippen molar-refractivity contribution in [1.29, 1.82) is 0 Å². The summed E-state index contributed by atoms with van der Waals surface area (Å²) < 4.78 is 2.22. The second-order valence-electron chi connectivity index (χ2n) is 5.40. The van der Waals surface area contributed by atoms with Crippen molar-refractivity contribution >= 4 is 16.9 Å². The molecular formula is C17H23NO3. The third kappa shape index (κ3) is 2.95. The van der Waals surface area contributed by atoms with E-state index >= 15 is 0 Å². The molecule has 114 valence electrons. The number of hydrogen-bond donors (Lipinski definition) is 2. The molecule has 4 nitrogen and oxygen atoms in total. The summed E-state index contributed by atoms with van der Waals surface area (Å²) in [6, 6.07) is 5.47. The summed E-state index contributed by atoms with van der Waals surface area (Å²) in [7, 11) is 0. The lowest BCUT2D eigenvalue weighted by molar-refractivity contribution is 0.0699. The van der Waals surface area contributed by atoms with E-state index in [-0.39, 0.29) is 6.61 Å². The molecule has 0 saturated carbocycles. The standard InChI is InChI=1S/C17H23NO3/c1-3-4-10-18-12(2)13(8-6-11-19)16-14(17(20)21)7-5-9-15(16)18/h5,7,9,19H,3-4,6,8,10-11H2,1-2H3,(H,20,21). The first-order valence-corrected chi connectivity index (χ1v) is 7.56. The van der Waals surface area contributed by atoms with Gasteiger partial charge in [-0.2, -0.15) is 0 Å². The van der Waals surface area contributed by atoms with Crippen LogP contribution in [0.15, 0.2) is 18.2 Å². The molecule has 2 rings (SSSR count). The van der Waals surface area contributed by atoms with Gasteiger partial charge >= 0.3 is 5.97 Å². The first-order chi connectivity index (χ1) is 10.1. The zero-order valence-electron chi connectivity index (χ0n) is 12.7. The Kier molecular flexibility index (Phi) is 5.02. The van der Waals surface area contributed by atoms with Crippen LogP contribution in [-0.4, -0.2) is 27.4 Å². The Hall–Kier alpha value is -1.81. The second-order valence-corrected chi connectivity index (χ2v) is 5.40. The third-order valence-corrected chi connectivity index (χ3v) is 4.03. The van der Waals surface area contributed by atoms with Gasteiger partial charge < -0.3 is 14.8 Å².